The molecule has 108 valence electrons. The van der Waals surface area contributed by atoms with E-state index in [0.717, 1.165) is 32.2 Å². The Hall–Kier alpha value is -0.0900. The summed E-state index contributed by atoms with van der Waals surface area (Å²) in [6, 6.07) is 0.605. The first-order chi connectivity index (χ1) is 8.47. The van der Waals surface area contributed by atoms with Crippen LogP contribution in [0.1, 0.15) is 58.8 Å². The third kappa shape index (κ3) is 5.27. The average molecular weight is 275 g/mol. The van der Waals surface area contributed by atoms with Crippen LogP contribution in [0, 0.1) is 5.92 Å². The van der Waals surface area contributed by atoms with Crippen molar-refractivity contribution in [1.29, 1.82) is 0 Å². The van der Waals surface area contributed by atoms with Gasteiger partial charge >= 0.3 is 0 Å². The lowest BCUT2D eigenvalue weighted by Crippen LogP contribution is -2.31. The van der Waals surface area contributed by atoms with Crippen molar-refractivity contribution in [2.45, 2.75) is 70.1 Å². The van der Waals surface area contributed by atoms with Gasteiger partial charge in [-0.05, 0) is 44.6 Å². The van der Waals surface area contributed by atoms with Crippen LogP contribution in [0.4, 0.5) is 0 Å². The molecule has 1 saturated carbocycles. The van der Waals surface area contributed by atoms with E-state index in [2.05, 4.69) is 19.2 Å². The van der Waals surface area contributed by atoms with Crippen LogP contribution in [0.5, 0.6) is 0 Å². The standard InChI is InChI=1S/C14H29NO2S/c1-4-13(15-5-2)10-9-12-7-6-8-14(11-12)18(3,16)17/h12-15H,4-11H2,1-3H3. The summed E-state index contributed by atoms with van der Waals surface area (Å²) < 4.78 is 23.2. The number of hydrogen-bond donors (Lipinski definition) is 1. The second-order valence-electron chi connectivity index (χ2n) is 5.72. The summed E-state index contributed by atoms with van der Waals surface area (Å²) in [4.78, 5) is 0. The van der Waals surface area contributed by atoms with Gasteiger partial charge in [-0.25, -0.2) is 8.42 Å². The maximum absolute atomic E-state index is 11.6. The first kappa shape index (κ1) is 16.0. The summed E-state index contributed by atoms with van der Waals surface area (Å²) in [7, 11) is -2.83. The molecule has 3 unspecified atom stereocenters. The molecular formula is C14H29NO2S. The van der Waals surface area contributed by atoms with Gasteiger partial charge in [-0.2, -0.15) is 0 Å². The molecule has 1 aliphatic rings. The van der Waals surface area contributed by atoms with Crippen molar-refractivity contribution in [3.05, 3.63) is 0 Å². The van der Waals surface area contributed by atoms with Crippen molar-refractivity contribution in [3.8, 4) is 0 Å². The zero-order chi connectivity index (χ0) is 13.6. The number of sulfone groups is 1. The fourth-order valence-corrected chi connectivity index (χ4v) is 4.29. The highest BCUT2D eigenvalue weighted by Crippen LogP contribution is 2.31. The van der Waals surface area contributed by atoms with Gasteiger partial charge in [-0.1, -0.05) is 26.7 Å². The molecule has 0 aromatic rings. The lowest BCUT2D eigenvalue weighted by atomic mass is 9.84. The molecule has 3 atom stereocenters. The van der Waals surface area contributed by atoms with Crippen LogP contribution in [-0.2, 0) is 9.84 Å². The van der Waals surface area contributed by atoms with Gasteiger partial charge in [0.25, 0.3) is 0 Å². The maximum atomic E-state index is 11.6. The smallest absolute Gasteiger partial charge is 0.150 e. The molecule has 0 bridgehead atoms. The van der Waals surface area contributed by atoms with Gasteiger partial charge < -0.3 is 5.32 Å². The Labute approximate surface area is 113 Å². The van der Waals surface area contributed by atoms with Crippen molar-refractivity contribution in [1.82, 2.24) is 5.32 Å². The Morgan fingerprint density at radius 2 is 2.00 bits per heavy atom. The van der Waals surface area contributed by atoms with E-state index in [1.165, 1.54) is 25.5 Å². The van der Waals surface area contributed by atoms with E-state index in [4.69, 9.17) is 0 Å². The zero-order valence-electron chi connectivity index (χ0n) is 12.1. The highest BCUT2D eigenvalue weighted by Gasteiger charge is 2.28. The number of rotatable bonds is 7. The Kier molecular flexibility index (Phi) is 6.64. The number of hydrogen-bond acceptors (Lipinski definition) is 3. The molecule has 0 amide bonds. The fourth-order valence-electron chi connectivity index (χ4n) is 3.07. The van der Waals surface area contributed by atoms with E-state index in [9.17, 15) is 8.42 Å². The third-order valence-electron chi connectivity index (χ3n) is 4.25. The third-order valence-corrected chi connectivity index (χ3v) is 5.89. The molecule has 0 heterocycles. The van der Waals surface area contributed by atoms with Gasteiger partial charge in [0.15, 0.2) is 0 Å². The van der Waals surface area contributed by atoms with Crippen molar-refractivity contribution in [2.24, 2.45) is 5.92 Å². The van der Waals surface area contributed by atoms with Crippen molar-refractivity contribution < 1.29 is 8.42 Å². The number of nitrogens with one attached hydrogen (secondary N) is 1. The molecule has 0 spiro atoms. The Bertz CT molecular complexity index is 327. The van der Waals surface area contributed by atoms with Gasteiger partial charge in [0.2, 0.25) is 0 Å². The highest BCUT2D eigenvalue weighted by atomic mass is 32.2. The Morgan fingerprint density at radius 3 is 2.56 bits per heavy atom. The van der Waals surface area contributed by atoms with Crippen molar-refractivity contribution >= 4 is 9.84 Å². The molecule has 4 heteroatoms. The predicted molar refractivity (Wildman–Crippen MR) is 77.6 cm³/mol. The molecule has 1 fully saturated rings. The first-order valence-electron chi connectivity index (χ1n) is 7.39. The van der Waals surface area contributed by atoms with Crippen LogP contribution in [0.25, 0.3) is 0 Å². The lowest BCUT2D eigenvalue weighted by Gasteiger charge is -2.29. The summed E-state index contributed by atoms with van der Waals surface area (Å²) >= 11 is 0. The fraction of sp³-hybridized carbons (Fsp3) is 1.00. The minimum atomic E-state index is -2.83. The topological polar surface area (TPSA) is 46.2 Å². The molecule has 0 saturated heterocycles. The molecular weight excluding hydrogens is 246 g/mol. The summed E-state index contributed by atoms with van der Waals surface area (Å²) in [6.07, 6.45) is 8.99. The van der Waals surface area contributed by atoms with Gasteiger partial charge in [0, 0.05) is 12.3 Å². The summed E-state index contributed by atoms with van der Waals surface area (Å²) in [5.41, 5.74) is 0. The zero-order valence-corrected chi connectivity index (χ0v) is 12.9. The predicted octanol–water partition coefficient (Wildman–Crippen LogP) is 2.76. The SMILES string of the molecule is CCNC(CC)CCC1CCCC(S(C)(=O)=O)C1. The quantitative estimate of drug-likeness (QED) is 0.777. The highest BCUT2D eigenvalue weighted by molar-refractivity contribution is 7.91. The molecule has 1 aliphatic carbocycles. The monoisotopic (exact) mass is 275 g/mol. The molecule has 0 aliphatic heterocycles. The van der Waals surface area contributed by atoms with Gasteiger partial charge in [-0.15, -0.1) is 0 Å². The molecule has 0 radical (unpaired) electrons. The second kappa shape index (κ2) is 7.49. The largest absolute Gasteiger partial charge is 0.314 e. The molecule has 1 N–H and O–H groups in total. The van der Waals surface area contributed by atoms with Crippen LogP contribution in [0.15, 0.2) is 0 Å². The normalized spacial score (nSPS) is 27.1. The van der Waals surface area contributed by atoms with Crippen LogP contribution in [-0.4, -0.2) is 32.5 Å². The van der Waals surface area contributed by atoms with E-state index in [0.29, 0.717) is 12.0 Å². The minimum absolute atomic E-state index is 0.0736. The summed E-state index contributed by atoms with van der Waals surface area (Å²) in [5.74, 6) is 0.617. The minimum Gasteiger partial charge on any atom is -0.314 e. The van der Waals surface area contributed by atoms with E-state index >= 15 is 0 Å². The van der Waals surface area contributed by atoms with Crippen LogP contribution in [0.2, 0.25) is 0 Å². The van der Waals surface area contributed by atoms with E-state index in [-0.39, 0.29) is 5.25 Å². The van der Waals surface area contributed by atoms with Gasteiger partial charge in [0.1, 0.15) is 9.84 Å². The van der Waals surface area contributed by atoms with Gasteiger partial charge in [0.05, 0.1) is 5.25 Å². The molecule has 0 aromatic heterocycles. The van der Waals surface area contributed by atoms with Crippen molar-refractivity contribution in [3.63, 3.8) is 0 Å². The summed E-state index contributed by atoms with van der Waals surface area (Å²) in [6.45, 7) is 5.38. The first-order valence-corrected chi connectivity index (χ1v) is 9.35. The van der Waals surface area contributed by atoms with Crippen molar-refractivity contribution in [2.75, 3.05) is 12.8 Å². The molecule has 1 rings (SSSR count). The van der Waals surface area contributed by atoms with E-state index in [1.807, 2.05) is 0 Å². The van der Waals surface area contributed by atoms with Crippen LogP contribution in [0.3, 0.4) is 0 Å². The maximum Gasteiger partial charge on any atom is 0.150 e. The second-order valence-corrected chi connectivity index (χ2v) is 8.05. The van der Waals surface area contributed by atoms with E-state index in [1.54, 1.807) is 0 Å². The van der Waals surface area contributed by atoms with Crippen LogP contribution < -0.4 is 5.32 Å². The van der Waals surface area contributed by atoms with Gasteiger partial charge in [-0.3, -0.25) is 0 Å². The molecule has 18 heavy (non-hydrogen) atoms. The molecule has 3 nitrogen and oxygen atoms in total. The average Bonchev–Trinajstić information content (AvgIpc) is 2.34. The Balaban J connectivity index is 2.38. The van der Waals surface area contributed by atoms with E-state index < -0.39 is 9.84 Å². The Morgan fingerprint density at radius 1 is 1.28 bits per heavy atom. The molecule has 0 aromatic carbocycles. The summed E-state index contributed by atoms with van der Waals surface area (Å²) in [5, 5.41) is 3.42. The lowest BCUT2D eigenvalue weighted by molar-refractivity contribution is 0.312. The van der Waals surface area contributed by atoms with Crippen LogP contribution >= 0.6 is 0 Å².